The molecule has 2 atom stereocenters. The van der Waals surface area contributed by atoms with Crippen LogP contribution in [0.4, 0.5) is 4.39 Å². The van der Waals surface area contributed by atoms with Crippen molar-refractivity contribution in [1.82, 2.24) is 15.2 Å². The van der Waals surface area contributed by atoms with Gasteiger partial charge >= 0.3 is 0 Å². The molecule has 0 aliphatic rings. The van der Waals surface area contributed by atoms with Gasteiger partial charge in [0.05, 0.1) is 0 Å². The molecule has 2 heterocycles. The van der Waals surface area contributed by atoms with Crippen molar-refractivity contribution in [3.05, 3.63) is 108 Å². The Kier molecular flexibility index (Phi) is 6.14. The predicted molar refractivity (Wildman–Crippen MR) is 127 cm³/mol. The van der Waals surface area contributed by atoms with Crippen molar-refractivity contribution in [3.63, 3.8) is 0 Å². The first-order valence-corrected chi connectivity index (χ1v) is 11.5. The Labute approximate surface area is 199 Å². The van der Waals surface area contributed by atoms with Gasteiger partial charge in [-0.1, -0.05) is 48.5 Å². The average Bonchev–Trinajstić information content (AvgIpc) is 3.51. The molecular formula is C26H20FN3O3S. The van der Waals surface area contributed by atoms with Crippen LogP contribution >= 0.6 is 11.8 Å². The van der Waals surface area contributed by atoms with Crippen molar-refractivity contribution in [1.29, 1.82) is 0 Å². The summed E-state index contributed by atoms with van der Waals surface area (Å²) in [5.41, 5.74) is 2.33. The monoisotopic (exact) mass is 473 g/mol. The van der Waals surface area contributed by atoms with Crippen LogP contribution in [0.5, 0.6) is 5.75 Å². The Morgan fingerprint density at radius 1 is 1.00 bits per heavy atom. The second kappa shape index (κ2) is 9.52. The fraction of sp³-hybridized carbons (Fsp3) is 0.115. The van der Waals surface area contributed by atoms with Gasteiger partial charge in [0.2, 0.25) is 0 Å². The molecule has 34 heavy (non-hydrogen) atoms. The van der Waals surface area contributed by atoms with Crippen molar-refractivity contribution in [2.75, 3.05) is 0 Å². The van der Waals surface area contributed by atoms with Gasteiger partial charge < -0.3 is 14.1 Å². The van der Waals surface area contributed by atoms with Gasteiger partial charge in [0.25, 0.3) is 11.1 Å². The van der Waals surface area contributed by atoms with Crippen LogP contribution in [0.15, 0.2) is 94.7 Å². The Balaban J connectivity index is 1.40. The number of carbonyl (C=O) groups is 1. The summed E-state index contributed by atoms with van der Waals surface area (Å²) in [4.78, 5) is 16.8. The van der Waals surface area contributed by atoms with E-state index in [1.165, 1.54) is 36.0 Å². The number of carbonyl (C=O) groups excluding carboxylic acids is 1. The normalized spacial score (nSPS) is 13.0. The molecule has 0 bridgehead atoms. The van der Waals surface area contributed by atoms with Crippen molar-refractivity contribution < 1.29 is 18.3 Å². The highest BCUT2D eigenvalue weighted by Crippen LogP contribution is 2.39. The summed E-state index contributed by atoms with van der Waals surface area (Å²) < 4.78 is 24.7. The summed E-state index contributed by atoms with van der Waals surface area (Å²) in [5.74, 6) is 0.337. The van der Waals surface area contributed by atoms with Crippen molar-refractivity contribution >= 4 is 28.4 Å². The second-order valence-corrected chi connectivity index (χ2v) is 8.70. The number of hydrogen-bond donors (Lipinski definition) is 1. The molecule has 5 aromatic rings. The number of ketones is 1. The summed E-state index contributed by atoms with van der Waals surface area (Å²) in [6, 6.07) is 22.9. The van der Waals surface area contributed by atoms with E-state index in [-0.39, 0.29) is 22.7 Å². The third-order valence-corrected chi connectivity index (χ3v) is 6.40. The van der Waals surface area contributed by atoms with Crippen LogP contribution in [-0.2, 0) is 0 Å². The smallest absolute Gasteiger partial charge is 0.277 e. The number of rotatable bonds is 8. The summed E-state index contributed by atoms with van der Waals surface area (Å²) in [6.07, 6.45) is 1.19. The molecule has 5 rings (SSSR count). The van der Waals surface area contributed by atoms with E-state index in [2.05, 4.69) is 15.2 Å². The lowest BCUT2D eigenvalue weighted by Crippen LogP contribution is -2.09. The van der Waals surface area contributed by atoms with Crippen LogP contribution in [0.1, 0.15) is 40.1 Å². The number of aromatic amines is 1. The molecule has 3 aromatic carbocycles. The Morgan fingerprint density at radius 2 is 1.74 bits per heavy atom. The summed E-state index contributed by atoms with van der Waals surface area (Å²) in [6.45, 7) is 1.76. The lowest BCUT2D eigenvalue weighted by atomic mass is 10.0. The van der Waals surface area contributed by atoms with Crippen LogP contribution in [0.25, 0.3) is 10.9 Å². The van der Waals surface area contributed by atoms with Gasteiger partial charge in [-0.05, 0) is 54.6 Å². The van der Waals surface area contributed by atoms with Gasteiger partial charge in [0, 0.05) is 22.7 Å². The number of hydrogen-bond acceptors (Lipinski definition) is 6. The van der Waals surface area contributed by atoms with Gasteiger partial charge in [-0.2, -0.15) is 0 Å². The lowest BCUT2D eigenvalue weighted by Gasteiger charge is -2.14. The van der Waals surface area contributed by atoms with E-state index in [9.17, 15) is 9.18 Å². The minimum atomic E-state index is -0.581. The molecule has 0 saturated carbocycles. The molecule has 0 spiro atoms. The molecule has 0 aliphatic carbocycles. The first kappa shape index (κ1) is 21.9. The standard InChI is InChI=1S/C26H20FN3O3S/c1-16(32-19-13-11-18(27)12-14-19)25-29-30-26(33-25)34-24(17-7-3-2-4-8-17)23(31)21-15-28-22-10-6-5-9-20(21)22/h2-16,24,28H,1H3/t16-,24+/m0/s1. The Bertz CT molecular complexity index is 1420. The molecule has 170 valence electrons. The number of halogens is 1. The number of H-pyrrole nitrogens is 1. The fourth-order valence-corrected chi connectivity index (χ4v) is 4.57. The number of Topliss-reactive ketones (excluding diaryl/α,β-unsaturated/α-hetero) is 1. The molecule has 6 nitrogen and oxygen atoms in total. The van der Waals surface area contributed by atoms with E-state index in [1.54, 1.807) is 13.1 Å². The molecular weight excluding hydrogens is 453 g/mol. The number of para-hydroxylation sites is 1. The molecule has 8 heteroatoms. The van der Waals surface area contributed by atoms with E-state index in [1.807, 2.05) is 54.6 Å². The van der Waals surface area contributed by atoms with Crippen LogP contribution in [0.2, 0.25) is 0 Å². The third-order valence-electron chi connectivity index (χ3n) is 5.31. The van der Waals surface area contributed by atoms with E-state index >= 15 is 0 Å². The third kappa shape index (κ3) is 4.58. The maximum absolute atomic E-state index is 13.6. The van der Waals surface area contributed by atoms with Crippen LogP contribution in [-0.4, -0.2) is 21.0 Å². The summed E-state index contributed by atoms with van der Waals surface area (Å²) in [7, 11) is 0. The van der Waals surface area contributed by atoms with Crippen LogP contribution in [0.3, 0.4) is 0 Å². The molecule has 0 saturated heterocycles. The number of aromatic nitrogens is 3. The van der Waals surface area contributed by atoms with Gasteiger partial charge in [-0.3, -0.25) is 4.79 Å². The first-order chi connectivity index (χ1) is 16.6. The number of thioether (sulfide) groups is 1. The molecule has 0 aliphatic heterocycles. The SMILES string of the molecule is C[C@H](Oc1ccc(F)cc1)c1nnc(S[C@@H](C(=O)c2c[nH]c3ccccc23)c2ccccc2)o1. The number of nitrogens with zero attached hydrogens (tertiary/aromatic N) is 2. The highest BCUT2D eigenvalue weighted by Gasteiger charge is 2.28. The molecule has 0 radical (unpaired) electrons. The molecule has 1 N–H and O–H groups in total. The minimum Gasteiger partial charge on any atom is -0.481 e. The zero-order valence-electron chi connectivity index (χ0n) is 18.1. The number of benzene rings is 3. The van der Waals surface area contributed by atoms with Crippen LogP contribution < -0.4 is 4.74 Å². The van der Waals surface area contributed by atoms with Crippen molar-refractivity contribution in [2.24, 2.45) is 0 Å². The second-order valence-electron chi connectivity index (χ2n) is 7.64. The van der Waals surface area contributed by atoms with Gasteiger partial charge in [0.15, 0.2) is 11.9 Å². The maximum atomic E-state index is 13.6. The zero-order chi connectivity index (χ0) is 23.5. The lowest BCUT2D eigenvalue weighted by molar-refractivity contribution is 0.0990. The first-order valence-electron chi connectivity index (χ1n) is 10.7. The van der Waals surface area contributed by atoms with E-state index < -0.39 is 11.4 Å². The number of fused-ring (bicyclic) bond motifs is 1. The predicted octanol–water partition coefficient (Wildman–Crippen LogP) is 6.55. The number of nitrogens with one attached hydrogen (secondary N) is 1. The maximum Gasteiger partial charge on any atom is 0.277 e. The van der Waals surface area contributed by atoms with Crippen molar-refractivity contribution in [2.45, 2.75) is 23.5 Å². The van der Waals surface area contributed by atoms with Gasteiger partial charge in [-0.25, -0.2) is 4.39 Å². The van der Waals surface area contributed by atoms with Crippen LogP contribution in [0, 0.1) is 5.82 Å². The van der Waals surface area contributed by atoms with E-state index in [4.69, 9.17) is 9.15 Å². The average molecular weight is 474 g/mol. The van der Waals surface area contributed by atoms with Gasteiger partial charge in [0.1, 0.15) is 16.8 Å². The molecule has 0 unspecified atom stereocenters. The molecule has 0 fully saturated rings. The largest absolute Gasteiger partial charge is 0.481 e. The Morgan fingerprint density at radius 3 is 2.53 bits per heavy atom. The minimum absolute atomic E-state index is 0.0657. The summed E-state index contributed by atoms with van der Waals surface area (Å²) >= 11 is 1.19. The van der Waals surface area contributed by atoms with E-state index in [0.29, 0.717) is 11.3 Å². The van der Waals surface area contributed by atoms with Crippen molar-refractivity contribution in [3.8, 4) is 5.75 Å². The fourth-order valence-electron chi connectivity index (χ4n) is 3.62. The zero-order valence-corrected chi connectivity index (χ0v) is 19.0. The summed E-state index contributed by atoms with van der Waals surface area (Å²) in [5, 5.41) is 8.76. The highest BCUT2D eigenvalue weighted by atomic mass is 32.2. The number of ether oxygens (including phenoxy) is 1. The quantitative estimate of drug-likeness (QED) is 0.203. The topological polar surface area (TPSA) is 81.0 Å². The van der Waals surface area contributed by atoms with Gasteiger partial charge in [-0.15, -0.1) is 10.2 Å². The highest BCUT2D eigenvalue weighted by molar-refractivity contribution is 8.00. The van der Waals surface area contributed by atoms with E-state index in [0.717, 1.165) is 16.5 Å². The molecule has 0 amide bonds. The molecule has 2 aromatic heterocycles. The Hall–Kier alpha value is -3.91.